The van der Waals surface area contributed by atoms with Gasteiger partial charge in [0.15, 0.2) is 11.0 Å². The minimum Gasteiger partial charge on any atom is -0.506 e. The Kier molecular flexibility index (Phi) is 9.54. The number of hydrazone groups is 1. The van der Waals surface area contributed by atoms with Gasteiger partial charge in [0.2, 0.25) is 0 Å². The quantitative estimate of drug-likeness (QED) is 0.0933. The maximum atomic E-state index is 12.6. The molecule has 1 aromatic heterocycles. The first-order valence-electron chi connectivity index (χ1n) is 11.9. The molecular weight excluding hydrogens is 740 g/mol. The van der Waals surface area contributed by atoms with Crippen LogP contribution in [0.15, 0.2) is 70.9 Å². The Bertz CT molecular complexity index is 1500. The van der Waals surface area contributed by atoms with Crippen LogP contribution in [0.3, 0.4) is 0 Å². The van der Waals surface area contributed by atoms with Crippen LogP contribution in [-0.2, 0) is 10.2 Å². The molecule has 4 rings (SSSR count). The molecular formula is C28H27I2N5O3S. The molecule has 0 aliphatic carbocycles. The zero-order valence-corrected chi connectivity index (χ0v) is 26.9. The van der Waals surface area contributed by atoms with Gasteiger partial charge >= 0.3 is 0 Å². The molecule has 0 radical (unpaired) electrons. The first-order chi connectivity index (χ1) is 18.6. The van der Waals surface area contributed by atoms with Crippen molar-refractivity contribution in [1.29, 1.82) is 0 Å². The van der Waals surface area contributed by atoms with Crippen LogP contribution in [-0.4, -0.2) is 44.9 Å². The molecule has 0 unspecified atom stereocenters. The van der Waals surface area contributed by atoms with Gasteiger partial charge in [0, 0.05) is 20.4 Å². The van der Waals surface area contributed by atoms with E-state index in [4.69, 9.17) is 4.74 Å². The van der Waals surface area contributed by atoms with E-state index >= 15 is 0 Å². The number of benzene rings is 3. The average Bonchev–Trinajstić information content (AvgIpc) is 3.33. The number of hydrogen-bond donors (Lipinski definition) is 2. The van der Waals surface area contributed by atoms with E-state index in [1.54, 1.807) is 13.2 Å². The number of rotatable bonds is 8. The van der Waals surface area contributed by atoms with E-state index in [1.807, 2.05) is 47.0 Å². The summed E-state index contributed by atoms with van der Waals surface area (Å²) >= 11 is 5.48. The van der Waals surface area contributed by atoms with Crippen LogP contribution in [0, 0.1) is 7.14 Å². The SMILES string of the molecule is COc1ccc(-n2c(SCC(=O)N/N=C\c3cc(I)cc(I)c3O)nnc2-c2ccc(C(C)(C)C)cc2)cc1. The number of thioether (sulfide) groups is 1. The number of phenols is 1. The Morgan fingerprint density at radius 2 is 1.79 bits per heavy atom. The second kappa shape index (κ2) is 12.7. The smallest absolute Gasteiger partial charge is 0.250 e. The van der Waals surface area contributed by atoms with Crippen LogP contribution in [0.25, 0.3) is 17.1 Å². The van der Waals surface area contributed by atoms with Crippen LogP contribution >= 0.6 is 56.9 Å². The number of halogens is 2. The fourth-order valence-electron chi connectivity index (χ4n) is 3.65. The number of aromatic nitrogens is 3. The number of hydrogen-bond acceptors (Lipinski definition) is 7. The van der Waals surface area contributed by atoms with E-state index < -0.39 is 0 Å². The zero-order valence-electron chi connectivity index (χ0n) is 21.8. The summed E-state index contributed by atoms with van der Waals surface area (Å²) in [4.78, 5) is 12.6. The van der Waals surface area contributed by atoms with Crippen molar-refractivity contribution >= 4 is 69.1 Å². The molecule has 0 saturated heterocycles. The Morgan fingerprint density at radius 1 is 1.10 bits per heavy atom. The number of nitrogens with zero attached hydrogens (tertiary/aromatic N) is 4. The summed E-state index contributed by atoms with van der Waals surface area (Å²) < 4.78 is 8.92. The molecule has 4 aromatic rings. The summed E-state index contributed by atoms with van der Waals surface area (Å²) in [5.41, 5.74) is 6.07. The lowest BCUT2D eigenvalue weighted by molar-refractivity contribution is -0.118. The van der Waals surface area contributed by atoms with Crippen LogP contribution in [0.1, 0.15) is 31.9 Å². The Balaban J connectivity index is 1.55. The summed E-state index contributed by atoms with van der Waals surface area (Å²) in [5, 5.41) is 23.7. The van der Waals surface area contributed by atoms with Gasteiger partial charge in [-0.3, -0.25) is 9.36 Å². The van der Waals surface area contributed by atoms with Crippen molar-refractivity contribution in [2.75, 3.05) is 12.9 Å². The van der Waals surface area contributed by atoms with E-state index in [2.05, 4.69) is 98.8 Å². The molecule has 11 heteroatoms. The number of nitrogens with one attached hydrogen (secondary N) is 1. The molecule has 8 nitrogen and oxygen atoms in total. The van der Waals surface area contributed by atoms with E-state index in [9.17, 15) is 9.90 Å². The number of amides is 1. The number of aromatic hydroxyl groups is 1. The lowest BCUT2D eigenvalue weighted by Crippen LogP contribution is -2.20. The van der Waals surface area contributed by atoms with Gasteiger partial charge in [0.1, 0.15) is 11.5 Å². The number of ether oxygens (including phenoxy) is 1. The molecule has 3 aromatic carbocycles. The van der Waals surface area contributed by atoms with Crippen LogP contribution in [0.5, 0.6) is 11.5 Å². The maximum absolute atomic E-state index is 12.6. The van der Waals surface area contributed by atoms with Crippen LogP contribution in [0.2, 0.25) is 0 Å². The summed E-state index contributed by atoms with van der Waals surface area (Å²) in [7, 11) is 1.62. The molecule has 0 fully saturated rings. The average molecular weight is 767 g/mol. The van der Waals surface area contributed by atoms with Gasteiger partial charge in [-0.1, -0.05) is 56.8 Å². The Labute approximate surface area is 258 Å². The maximum Gasteiger partial charge on any atom is 0.250 e. The van der Waals surface area contributed by atoms with Crippen molar-refractivity contribution < 1.29 is 14.6 Å². The van der Waals surface area contributed by atoms with E-state index in [1.165, 1.54) is 23.5 Å². The monoisotopic (exact) mass is 767 g/mol. The van der Waals surface area contributed by atoms with Crippen LogP contribution in [0.4, 0.5) is 0 Å². The van der Waals surface area contributed by atoms with Gasteiger partial charge in [-0.05, 0) is 92.6 Å². The molecule has 0 aliphatic heterocycles. The van der Waals surface area contributed by atoms with E-state index in [0.29, 0.717) is 20.1 Å². The summed E-state index contributed by atoms with van der Waals surface area (Å²) in [6, 6.07) is 19.5. The third-order valence-electron chi connectivity index (χ3n) is 5.76. The molecule has 1 heterocycles. The summed E-state index contributed by atoms with van der Waals surface area (Å²) in [5.74, 6) is 1.30. The lowest BCUT2D eigenvalue weighted by atomic mass is 9.87. The van der Waals surface area contributed by atoms with Gasteiger partial charge < -0.3 is 9.84 Å². The molecule has 0 aliphatic rings. The van der Waals surface area contributed by atoms with Crippen molar-refractivity contribution in [2.24, 2.45) is 5.10 Å². The standard InChI is InChI=1S/C28H27I2N5O3S/c1-28(2,3)19-7-5-17(6-8-19)26-33-34-27(35(26)21-9-11-22(38-4)12-10-21)39-16-24(36)32-31-15-18-13-20(29)14-23(30)25(18)37/h5-15,37H,16H2,1-4H3,(H,32,36)/b31-15-. The van der Waals surface area contributed by atoms with Crippen molar-refractivity contribution in [2.45, 2.75) is 31.3 Å². The number of methoxy groups -OCH3 is 1. The van der Waals surface area contributed by atoms with Crippen molar-refractivity contribution in [1.82, 2.24) is 20.2 Å². The van der Waals surface area contributed by atoms with Crippen molar-refractivity contribution in [3.05, 3.63) is 78.9 Å². The molecule has 1 amide bonds. The van der Waals surface area contributed by atoms with Crippen molar-refractivity contribution in [3.63, 3.8) is 0 Å². The topological polar surface area (TPSA) is 102 Å². The molecule has 0 bridgehead atoms. The molecule has 0 atom stereocenters. The minimum atomic E-state index is -0.309. The molecule has 202 valence electrons. The van der Waals surface area contributed by atoms with Crippen LogP contribution < -0.4 is 10.2 Å². The lowest BCUT2D eigenvalue weighted by Gasteiger charge is -2.19. The normalized spacial score (nSPS) is 11.6. The molecule has 0 spiro atoms. The minimum absolute atomic E-state index is 0.0369. The number of carbonyl (C=O) groups excluding carboxylic acids is 1. The number of carbonyl (C=O) groups is 1. The fourth-order valence-corrected chi connectivity index (χ4v) is 6.29. The predicted molar refractivity (Wildman–Crippen MR) is 172 cm³/mol. The highest BCUT2D eigenvalue weighted by Crippen LogP contribution is 2.31. The Morgan fingerprint density at radius 3 is 2.44 bits per heavy atom. The second-order valence-electron chi connectivity index (χ2n) is 9.57. The third-order valence-corrected chi connectivity index (χ3v) is 8.13. The molecule has 0 saturated carbocycles. The zero-order chi connectivity index (χ0) is 28.2. The van der Waals surface area contributed by atoms with Crippen molar-refractivity contribution in [3.8, 4) is 28.6 Å². The van der Waals surface area contributed by atoms with Gasteiger partial charge in [0.25, 0.3) is 5.91 Å². The predicted octanol–water partition coefficient (Wildman–Crippen LogP) is 6.40. The highest BCUT2D eigenvalue weighted by Gasteiger charge is 2.19. The Hall–Kier alpha value is -2.65. The summed E-state index contributed by atoms with van der Waals surface area (Å²) in [6.45, 7) is 6.53. The van der Waals surface area contributed by atoms with E-state index in [-0.39, 0.29) is 22.8 Å². The van der Waals surface area contributed by atoms with Gasteiger partial charge in [-0.2, -0.15) is 5.10 Å². The first kappa shape index (κ1) is 29.3. The molecule has 39 heavy (non-hydrogen) atoms. The fraction of sp³-hybridized carbons (Fsp3) is 0.214. The second-order valence-corrected chi connectivity index (χ2v) is 12.9. The van der Waals surface area contributed by atoms with Gasteiger partial charge in [-0.25, -0.2) is 5.43 Å². The first-order valence-corrected chi connectivity index (χ1v) is 15.0. The third kappa shape index (κ3) is 7.31. The van der Waals surface area contributed by atoms with Gasteiger partial charge in [-0.15, -0.1) is 10.2 Å². The highest BCUT2D eigenvalue weighted by molar-refractivity contribution is 14.1. The molecule has 2 N–H and O–H groups in total. The van der Waals surface area contributed by atoms with Gasteiger partial charge in [0.05, 0.1) is 22.6 Å². The highest BCUT2D eigenvalue weighted by atomic mass is 127. The van der Waals surface area contributed by atoms with E-state index in [0.717, 1.165) is 20.6 Å². The largest absolute Gasteiger partial charge is 0.506 e. The summed E-state index contributed by atoms with van der Waals surface area (Å²) in [6.07, 6.45) is 1.43. The number of phenolic OH excluding ortho intramolecular Hbond substituents is 1.